The summed E-state index contributed by atoms with van der Waals surface area (Å²) in [5.41, 5.74) is 0.362. The lowest BCUT2D eigenvalue weighted by Crippen LogP contribution is -2.36. The lowest BCUT2D eigenvalue weighted by molar-refractivity contribution is 0.0536. The molecule has 0 radical (unpaired) electrons. The van der Waals surface area contributed by atoms with Crippen LogP contribution in [0.2, 0.25) is 0 Å². The fraction of sp³-hybridized carbons (Fsp3) is 0.600. The molecule has 18 heavy (non-hydrogen) atoms. The average molecular weight is 252 g/mol. The second-order valence-corrected chi connectivity index (χ2v) is 5.18. The molecule has 0 aliphatic heterocycles. The molecule has 0 fully saturated rings. The number of aliphatic hydroxyl groups is 2. The summed E-state index contributed by atoms with van der Waals surface area (Å²) in [6.07, 6.45) is 0.622. The highest BCUT2D eigenvalue weighted by Gasteiger charge is 2.30. The maximum Gasteiger partial charge on any atom is 0.0550 e. The van der Waals surface area contributed by atoms with Gasteiger partial charge in [0.2, 0.25) is 0 Å². The van der Waals surface area contributed by atoms with Crippen LogP contribution in [0.1, 0.15) is 25.8 Å². The predicted octanol–water partition coefficient (Wildman–Crippen LogP) is 1.97. The molecule has 0 bridgehead atoms. The smallest absolute Gasteiger partial charge is 0.0550 e. The molecule has 0 aromatic heterocycles. The van der Waals surface area contributed by atoms with E-state index in [1.807, 2.05) is 30.3 Å². The van der Waals surface area contributed by atoms with Crippen LogP contribution < -0.4 is 0 Å². The van der Waals surface area contributed by atoms with Crippen molar-refractivity contribution >= 4 is 0 Å². The van der Waals surface area contributed by atoms with Crippen molar-refractivity contribution in [3.05, 3.63) is 35.9 Å². The van der Waals surface area contributed by atoms with Gasteiger partial charge in [-0.15, -0.1) is 0 Å². The topological polar surface area (TPSA) is 49.7 Å². The van der Waals surface area contributed by atoms with E-state index in [-0.39, 0.29) is 13.2 Å². The van der Waals surface area contributed by atoms with E-state index in [0.717, 1.165) is 5.56 Å². The van der Waals surface area contributed by atoms with Crippen LogP contribution in [0, 0.1) is 5.92 Å². The van der Waals surface area contributed by atoms with E-state index in [4.69, 9.17) is 4.74 Å². The molecule has 0 unspecified atom stereocenters. The van der Waals surface area contributed by atoms with Crippen LogP contribution in [0.15, 0.2) is 30.3 Å². The summed E-state index contributed by atoms with van der Waals surface area (Å²) in [7, 11) is 0. The van der Waals surface area contributed by atoms with Gasteiger partial charge in [0.15, 0.2) is 0 Å². The Balaban J connectivity index is 2.64. The minimum absolute atomic E-state index is 0.0709. The van der Waals surface area contributed by atoms with Gasteiger partial charge in [0, 0.05) is 18.6 Å². The first-order valence-electron chi connectivity index (χ1n) is 6.49. The summed E-state index contributed by atoms with van der Waals surface area (Å²) in [5, 5.41) is 19.2. The third-order valence-electron chi connectivity index (χ3n) is 3.17. The Kier molecular flexibility index (Phi) is 6.33. The summed E-state index contributed by atoms with van der Waals surface area (Å²) in [6.45, 7) is 5.32. The number of hydrogen-bond acceptors (Lipinski definition) is 3. The SMILES string of the molecule is CC(C)COCCC(CO)(CO)c1ccccc1. The van der Waals surface area contributed by atoms with E-state index in [1.54, 1.807) is 0 Å². The van der Waals surface area contributed by atoms with Gasteiger partial charge in [0.05, 0.1) is 13.2 Å². The molecule has 3 nitrogen and oxygen atoms in total. The lowest BCUT2D eigenvalue weighted by Gasteiger charge is -2.30. The fourth-order valence-corrected chi connectivity index (χ4v) is 1.91. The summed E-state index contributed by atoms with van der Waals surface area (Å²) < 4.78 is 5.55. The van der Waals surface area contributed by atoms with Gasteiger partial charge < -0.3 is 14.9 Å². The van der Waals surface area contributed by atoms with Crippen molar-refractivity contribution in [1.82, 2.24) is 0 Å². The van der Waals surface area contributed by atoms with Crippen molar-refractivity contribution in [3.63, 3.8) is 0 Å². The highest BCUT2D eigenvalue weighted by Crippen LogP contribution is 2.27. The molecule has 0 aliphatic carbocycles. The molecule has 2 N–H and O–H groups in total. The highest BCUT2D eigenvalue weighted by atomic mass is 16.5. The minimum atomic E-state index is -0.599. The molecule has 1 aromatic carbocycles. The Labute approximate surface area is 109 Å². The van der Waals surface area contributed by atoms with E-state index in [9.17, 15) is 10.2 Å². The molecule has 0 saturated heterocycles. The van der Waals surface area contributed by atoms with Gasteiger partial charge in [-0.25, -0.2) is 0 Å². The first-order valence-corrected chi connectivity index (χ1v) is 6.49. The number of aliphatic hydroxyl groups excluding tert-OH is 2. The number of hydrogen-bond donors (Lipinski definition) is 2. The molecular formula is C15H24O3. The molecule has 1 aromatic rings. The van der Waals surface area contributed by atoms with Crippen molar-refractivity contribution in [1.29, 1.82) is 0 Å². The summed E-state index contributed by atoms with van der Waals surface area (Å²) >= 11 is 0. The standard InChI is InChI=1S/C15H24O3/c1-13(2)10-18-9-8-15(11-16,12-17)14-6-4-3-5-7-14/h3-7,13,16-17H,8-12H2,1-2H3. The van der Waals surface area contributed by atoms with Crippen molar-refractivity contribution in [2.45, 2.75) is 25.7 Å². The monoisotopic (exact) mass is 252 g/mol. The van der Waals surface area contributed by atoms with Gasteiger partial charge in [0.25, 0.3) is 0 Å². The van der Waals surface area contributed by atoms with Crippen LogP contribution in [0.25, 0.3) is 0 Å². The first-order chi connectivity index (χ1) is 8.64. The van der Waals surface area contributed by atoms with Crippen molar-refractivity contribution in [2.75, 3.05) is 26.4 Å². The third-order valence-corrected chi connectivity index (χ3v) is 3.17. The van der Waals surface area contributed by atoms with Crippen LogP contribution in [0.5, 0.6) is 0 Å². The van der Waals surface area contributed by atoms with Crippen LogP contribution in [-0.4, -0.2) is 36.6 Å². The van der Waals surface area contributed by atoms with Gasteiger partial charge in [-0.1, -0.05) is 44.2 Å². The van der Waals surface area contributed by atoms with Crippen LogP contribution >= 0.6 is 0 Å². The molecule has 0 atom stereocenters. The zero-order chi connectivity index (χ0) is 13.4. The van der Waals surface area contributed by atoms with E-state index < -0.39 is 5.41 Å². The Morgan fingerprint density at radius 3 is 2.22 bits per heavy atom. The van der Waals surface area contributed by atoms with E-state index >= 15 is 0 Å². The molecule has 102 valence electrons. The van der Waals surface area contributed by atoms with Gasteiger partial charge >= 0.3 is 0 Å². The van der Waals surface area contributed by atoms with E-state index in [2.05, 4.69) is 13.8 Å². The molecule has 0 aliphatic rings. The molecule has 1 rings (SSSR count). The molecular weight excluding hydrogens is 228 g/mol. The summed E-state index contributed by atoms with van der Waals surface area (Å²) in [6, 6.07) is 9.65. The summed E-state index contributed by atoms with van der Waals surface area (Å²) in [4.78, 5) is 0. The Morgan fingerprint density at radius 1 is 1.11 bits per heavy atom. The largest absolute Gasteiger partial charge is 0.395 e. The van der Waals surface area contributed by atoms with E-state index in [0.29, 0.717) is 25.6 Å². The highest BCUT2D eigenvalue weighted by molar-refractivity contribution is 5.25. The van der Waals surface area contributed by atoms with Crippen LogP contribution in [0.3, 0.4) is 0 Å². The minimum Gasteiger partial charge on any atom is -0.395 e. The average Bonchev–Trinajstić information content (AvgIpc) is 2.40. The molecule has 0 saturated carbocycles. The van der Waals surface area contributed by atoms with Gasteiger partial charge in [-0.2, -0.15) is 0 Å². The van der Waals surface area contributed by atoms with E-state index in [1.165, 1.54) is 0 Å². The van der Waals surface area contributed by atoms with Crippen molar-refractivity contribution < 1.29 is 14.9 Å². The number of ether oxygens (including phenoxy) is 1. The zero-order valence-corrected chi connectivity index (χ0v) is 11.3. The quantitative estimate of drug-likeness (QED) is 0.695. The lowest BCUT2D eigenvalue weighted by atomic mass is 9.79. The molecule has 0 heterocycles. The second-order valence-electron chi connectivity index (χ2n) is 5.18. The zero-order valence-electron chi connectivity index (χ0n) is 11.3. The maximum absolute atomic E-state index is 9.62. The predicted molar refractivity (Wildman–Crippen MR) is 72.6 cm³/mol. The van der Waals surface area contributed by atoms with Gasteiger partial charge in [0.1, 0.15) is 0 Å². The van der Waals surface area contributed by atoms with Crippen LogP contribution in [-0.2, 0) is 10.2 Å². The van der Waals surface area contributed by atoms with Crippen molar-refractivity contribution in [3.8, 4) is 0 Å². The fourth-order valence-electron chi connectivity index (χ4n) is 1.91. The Hall–Kier alpha value is -0.900. The van der Waals surface area contributed by atoms with Crippen LogP contribution in [0.4, 0.5) is 0 Å². The maximum atomic E-state index is 9.62. The third kappa shape index (κ3) is 4.09. The Bertz CT molecular complexity index is 318. The number of rotatable bonds is 8. The summed E-state index contributed by atoms with van der Waals surface area (Å²) in [5.74, 6) is 0.499. The molecule has 0 spiro atoms. The van der Waals surface area contributed by atoms with Gasteiger partial charge in [-0.05, 0) is 17.9 Å². The normalized spacial score (nSPS) is 12.1. The number of benzene rings is 1. The first kappa shape index (κ1) is 15.2. The Morgan fingerprint density at radius 2 is 1.72 bits per heavy atom. The van der Waals surface area contributed by atoms with Crippen molar-refractivity contribution in [2.24, 2.45) is 5.92 Å². The molecule has 3 heteroatoms. The second kappa shape index (κ2) is 7.52. The molecule has 0 amide bonds. The van der Waals surface area contributed by atoms with Gasteiger partial charge in [-0.3, -0.25) is 0 Å².